The number of nitrogens with zero attached hydrogens (tertiary/aromatic N) is 1. The summed E-state index contributed by atoms with van der Waals surface area (Å²) >= 11 is 0. The van der Waals surface area contributed by atoms with Gasteiger partial charge in [0.05, 0.1) is 33.8 Å². The largest absolute Gasteiger partial charge is 0.472 e. The highest BCUT2D eigenvalue weighted by atomic mass is 31.2. The van der Waals surface area contributed by atoms with Gasteiger partial charge >= 0.3 is 13.8 Å². The monoisotopic (exact) mass is 986 g/mol. The Balaban J connectivity index is 5.43. The first-order valence-electron chi connectivity index (χ1n) is 28.0. The molecular weight excluding hydrogens is 880 g/mol. The lowest BCUT2D eigenvalue weighted by molar-refractivity contribution is -0.870. The van der Waals surface area contributed by atoms with E-state index < -0.39 is 20.0 Å². The number of carbonyl (C=O) groups is 2. The zero-order valence-corrected chi connectivity index (χ0v) is 46.2. The van der Waals surface area contributed by atoms with Gasteiger partial charge in [-0.15, -0.1) is 0 Å². The number of rotatable bonds is 49. The van der Waals surface area contributed by atoms with Gasteiger partial charge in [0.2, 0.25) is 5.91 Å². The van der Waals surface area contributed by atoms with Gasteiger partial charge in [0.15, 0.2) is 0 Å². The number of ether oxygens (including phenoxy) is 1. The number of quaternary nitrogens is 1. The van der Waals surface area contributed by atoms with E-state index in [1.54, 1.807) is 0 Å². The molecule has 0 aliphatic heterocycles. The van der Waals surface area contributed by atoms with Crippen LogP contribution < -0.4 is 5.32 Å². The van der Waals surface area contributed by atoms with Crippen molar-refractivity contribution in [2.75, 3.05) is 40.9 Å². The molecule has 3 atom stereocenters. The summed E-state index contributed by atoms with van der Waals surface area (Å²) in [5.41, 5.74) is 0. The number of hydrogen-bond acceptors (Lipinski definition) is 6. The van der Waals surface area contributed by atoms with Crippen molar-refractivity contribution in [3.8, 4) is 0 Å². The van der Waals surface area contributed by atoms with E-state index in [9.17, 15) is 19.0 Å². The fraction of sp³-hybridized carbons (Fsp3) is 0.729. The predicted octanol–water partition coefficient (Wildman–Crippen LogP) is 16.7. The molecule has 10 heteroatoms. The van der Waals surface area contributed by atoms with E-state index in [0.717, 1.165) is 64.2 Å². The molecule has 0 aliphatic rings. The molecule has 1 amide bonds. The minimum atomic E-state index is -4.45. The molecule has 0 fully saturated rings. The maximum atomic E-state index is 13.5. The first-order chi connectivity index (χ1) is 33.4. The summed E-state index contributed by atoms with van der Waals surface area (Å²) in [6.45, 7) is 6.82. The van der Waals surface area contributed by atoms with Crippen molar-refractivity contribution < 1.29 is 37.3 Å². The lowest BCUT2D eigenvalue weighted by Gasteiger charge is -2.27. The van der Waals surface area contributed by atoms with Crippen LogP contribution in [0.15, 0.2) is 85.1 Å². The molecule has 398 valence electrons. The molecule has 0 aliphatic carbocycles. The van der Waals surface area contributed by atoms with E-state index >= 15 is 0 Å². The number of likely N-dealkylation sites (N-methyl/N-ethyl adjacent to an activating group) is 1. The molecule has 9 nitrogen and oxygen atoms in total. The van der Waals surface area contributed by atoms with Crippen LogP contribution in [0.1, 0.15) is 226 Å². The third-order valence-corrected chi connectivity index (χ3v) is 13.0. The number of unbranched alkanes of at least 4 members (excludes halogenated alkanes) is 26. The second kappa shape index (κ2) is 48.8. The van der Waals surface area contributed by atoms with Crippen LogP contribution in [0.2, 0.25) is 0 Å². The van der Waals surface area contributed by atoms with Gasteiger partial charge in [0.25, 0.3) is 0 Å². The van der Waals surface area contributed by atoms with Crippen molar-refractivity contribution >= 4 is 19.7 Å². The van der Waals surface area contributed by atoms with Gasteiger partial charge in [-0.05, 0) is 51.0 Å². The minimum absolute atomic E-state index is 0.0299. The Hall–Kier alpha value is -2.81. The van der Waals surface area contributed by atoms with Crippen LogP contribution in [0.3, 0.4) is 0 Å². The van der Waals surface area contributed by atoms with E-state index in [2.05, 4.69) is 38.2 Å². The number of allylic oxidation sites excluding steroid dienone is 13. The second-order valence-electron chi connectivity index (χ2n) is 19.9. The Kier molecular flexibility index (Phi) is 46.8. The molecule has 0 aromatic heterocycles. The van der Waals surface area contributed by atoms with Gasteiger partial charge in [-0.3, -0.25) is 18.6 Å². The zero-order valence-electron chi connectivity index (χ0n) is 45.3. The Morgan fingerprint density at radius 2 is 0.928 bits per heavy atom. The first-order valence-corrected chi connectivity index (χ1v) is 29.5. The van der Waals surface area contributed by atoms with Crippen LogP contribution in [-0.4, -0.2) is 74.3 Å². The van der Waals surface area contributed by atoms with E-state index in [4.69, 9.17) is 13.8 Å². The van der Waals surface area contributed by atoms with Gasteiger partial charge < -0.3 is 19.4 Å². The summed E-state index contributed by atoms with van der Waals surface area (Å²) in [4.78, 5) is 37.5. The van der Waals surface area contributed by atoms with Crippen molar-refractivity contribution in [1.29, 1.82) is 0 Å². The number of carbonyl (C=O) groups excluding carboxylic acids is 2. The van der Waals surface area contributed by atoms with Crippen molar-refractivity contribution in [3.05, 3.63) is 85.1 Å². The summed E-state index contributed by atoms with van der Waals surface area (Å²) in [5, 5.41) is 3.03. The molecule has 3 unspecified atom stereocenters. The molecule has 0 bridgehead atoms. The van der Waals surface area contributed by atoms with Crippen LogP contribution in [0.25, 0.3) is 0 Å². The zero-order chi connectivity index (χ0) is 50.8. The predicted molar refractivity (Wildman–Crippen MR) is 295 cm³/mol. The standard InChI is InChI=1S/C59H105N2O7P/c1-7-10-13-16-19-22-25-27-29-30-32-34-37-40-43-46-49-52-59(63)68-57(50-47-44-41-38-35-24-21-18-15-12-9-3)56(55-67-69(64,65)66-54-53-61(4,5)6)60-58(62)51-48-45-42-39-36-33-31-28-26-23-20-17-14-11-8-2/h10,13,16,19,22,25,27,29-30,32,34,37,47,50,56-57H,7-9,11-12,14-15,17-18,20-21,23-24,26,28,31,33,35-36,38-46,48-49,51-55H2,1-6H3,(H-,60,62,64,65)/p+1/b13-10-,19-16+,25-22+,29-27-,32-30+,37-34+,50-47+. The molecule has 69 heavy (non-hydrogen) atoms. The minimum Gasteiger partial charge on any atom is -0.456 e. The lowest BCUT2D eigenvalue weighted by atomic mass is 10.0. The third-order valence-electron chi connectivity index (χ3n) is 12.0. The van der Waals surface area contributed by atoms with Gasteiger partial charge in [0, 0.05) is 12.8 Å². The number of nitrogens with one attached hydrogen (secondary N) is 1. The maximum absolute atomic E-state index is 13.5. The number of amides is 1. The Labute approximate surface area is 425 Å². The second-order valence-corrected chi connectivity index (χ2v) is 21.3. The summed E-state index contributed by atoms with van der Waals surface area (Å²) in [7, 11) is 1.46. The molecule has 0 aromatic rings. The molecule has 0 heterocycles. The van der Waals surface area contributed by atoms with Crippen molar-refractivity contribution in [1.82, 2.24) is 5.32 Å². The smallest absolute Gasteiger partial charge is 0.456 e. The highest BCUT2D eigenvalue weighted by molar-refractivity contribution is 7.47. The van der Waals surface area contributed by atoms with Crippen molar-refractivity contribution in [3.63, 3.8) is 0 Å². The molecule has 0 radical (unpaired) electrons. The normalized spacial score (nSPS) is 14.5. The average Bonchev–Trinajstić information content (AvgIpc) is 3.31. The molecule has 0 saturated heterocycles. The van der Waals surface area contributed by atoms with E-state index in [1.165, 1.54) is 122 Å². The van der Waals surface area contributed by atoms with Crippen LogP contribution in [0.4, 0.5) is 0 Å². The van der Waals surface area contributed by atoms with E-state index in [1.807, 2.05) is 94.1 Å². The first kappa shape index (κ1) is 66.2. The van der Waals surface area contributed by atoms with Gasteiger partial charge in [0.1, 0.15) is 19.3 Å². The number of phosphoric ester groups is 1. The average molecular weight is 986 g/mol. The number of phosphoric acid groups is 1. The van der Waals surface area contributed by atoms with Gasteiger partial charge in [-0.2, -0.15) is 0 Å². The van der Waals surface area contributed by atoms with Crippen LogP contribution >= 0.6 is 7.82 Å². The Morgan fingerprint density at radius 3 is 1.41 bits per heavy atom. The van der Waals surface area contributed by atoms with Gasteiger partial charge in [-0.25, -0.2) is 4.57 Å². The Morgan fingerprint density at radius 1 is 0.522 bits per heavy atom. The SMILES string of the molecule is CC\C=C/C=C/C=C/C=C\C=C\C=C\CCCCCC(=O)OC(/C=C/CCCCCCCCCCC)C(COP(=O)(O)OCC[N+](C)(C)C)NC(=O)CCCCCCCCCCCCCCCCC. The van der Waals surface area contributed by atoms with Crippen molar-refractivity contribution in [2.45, 2.75) is 238 Å². The summed E-state index contributed by atoms with van der Waals surface area (Å²) in [6, 6.07) is -0.867. The summed E-state index contributed by atoms with van der Waals surface area (Å²) < 4.78 is 30.5. The van der Waals surface area contributed by atoms with E-state index in [0.29, 0.717) is 23.9 Å². The number of esters is 1. The molecule has 0 spiro atoms. The number of hydrogen-bond donors (Lipinski definition) is 2. The lowest BCUT2D eigenvalue weighted by Crippen LogP contribution is -2.47. The third kappa shape index (κ3) is 49.9. The van der Waals surface area contributed by atoms with Crippen LogP contribution in [0, 0.1) is 0 Å². The van der Waals surface area contributed by atoms with Gasteiger partial charge in [-0.1, -0.05) is 247 Å². The summed E-state index contributed by atoms with van der Waals surface area (Å²) in [6.07, 6.45) is 62.9. The summed E-state index contributed by atoms with van der Waals surface area (Å²) in [5.74, 6) is -0.558. The topological polar surface area (TPSA) is 111 Å². The van der Waals surface area contributed by atoms with E-state index in [-0.39, 0.29) is 31.5 Å². The quantitative estimate of drug-likeness (QED) is 0.0156. The molecular formula is C59H106N2O7P+. The fourth-order valence-electron chi connectivity index (χ4n) is 7.68. The van der Waals surface area contributed by atoms with Crippen LogP contribution in [0.5, 0.6) is 0 Å². The van der Waals surface area contributed by atoms with Crippen molar-refractivity contribution in [2.24, 2.45) is 0 Å². The molecule has 0 saturated carbocycles. The molecule has 2 N–H and O–H groups in total. The highest BCUT2D eigenvalue weighted by Crippen LogP contribution is 2.43. The molecule has 0 aromatic carbocycles. The molecule has 0 rings (SSSR count). The van der Waals surface area contributed by atoms with Crippen LogP contribution in [-0.2, 0) is 27.9 Å². The highest BCUT2D eigenvalue weighted by Gasteiger charge is 2.30. The fourth-order valence-corrected chi connectivity index (χ4v) is 8.41. The Bertz CT molecular complexity index is 1460. The maximum Gasteiger partial charge on any atom is 0.472 e.